The fourth-order valence-electron chi connectivity index (χ4n) is 3.40. The highest BCUT2D eigenvalue weighted by molar-refractivity contribution is 5.81. The number of carbonyl (C=O) groups is 1. The molecule has 4 nitrogen and oxygen atoms in total. The van der Waals surface area contributed by atoms with Crippen LogP contribution in [0.2, 0.25) is 0 Å². The zero-order valence-corrected chi connectivity index (χ0v) is 16.2. The number of halogens is 2. The number of hydrogen-bond acceptors (Lipinski definition) is 3. The van der Waals surface area contributed by atoms with Crippen molar-refractivity contribution in [1.29, 1.82) is 0 Å². The molecule has 0 fully saturated rings. The molecule has 2 aromatic carbocycles. The highest BCUT2D eigenvalue weighted by Gasteiger charge is 2.41. The third kappa shape index (κ3) is 4.07. The first-order chi connectivity index (χ1) is 13.2. The molecular weight excluding hydrogens is 362 g/mol. The molecule has 0 bridgehead atoms. The van der Waals surface area contributed by atoms with Crippen LogP contribution < -0.4 is 5.73 Å². The lowest BCUT2D eigenvalue weighted by Crippen LogP contribution is -2.45. The summed E-state index contributed by atoms with van der Waals surface area (Å²) in [6.07, 6.45) is 1.20. The van der Waals surface area contributed by atoms with Gasteiger partial charge in [0, 0.05) is 12.1 Å². The van der Waals surface area contributed by atoms with Crippen LogP contribution in [0, 0.1) is 11.6 Å². The van der Waals surface area contributed by atoms with Gasteiger partial charge in [0.15, 0.2) is 0 Å². The monoisotopic (exact) mass is 386 g/mol. The highest BCUT2D eigenvalue weighted by Crippen LogP contribution is 2.40. The van der Waals surface area contributed by atoms with Crippen LogP contribution in [0.15, 0.2) is 54.6 Å². The smallest absolute Gasteiger partial charge is 0.411 e. The van der Waals surface area contributed by atoms with Crippen molar-refractivity contribution in [3.05, 3.63) is 77.4 Å². The predicted molar refractivity (Wildman–Crippen MR) is 104 cm³/mol. The first kappa shape index (κ1) is 20.0. The molecule has 6 heteroatoms. The molecule has 1 aliphatic rings. The summed E-state index contributed by atoms with van der Waals surface area (Å²) in [5.74, 6) is -1.12. The molecule has 1 heterocycles. The second-order valence-corrected chi connectivity index (χ2v) is 7.74. The van der Waals surface area contributed by atoms with Gasteiger partial charge in [-0.3, -0.25) is 4.90 Å². The van der Waals surface area contributed by atoms with Crippen LogP contribution in [0.25, 0.3) is 5.57 Å². The molecule has 0 aliphatic carbocycles. The molecule has 2 N–H and O–H groups in total. The van der Waals surface area contributed by atoms with Crippen molar-refractivity contribution in [3.63, 3.8) is 0 Å². The molecule has 0 radical (unpaired) electrons. The summed E-state index contributed by atoms with van der Waals surface area (Å²) in [4.78, 5) is 14.5. The molecule has 148 valence electrons. The van der Waals surface area contributed by atoms with Crippen molar-refractivity contribution < 1.29 is 18.3 Å². The highest BCUT2D eigenvalue weighted by atomic mass is 19.1. The van der Waals surface area contributed by atoms with Gasteiger partial charge >= 0.3 is 6.09 Å². The first-order valence-electron chi connectivity index (χ1n) is 9.14. The summed E-state index contributed by atoms with van der Waals surface area (Å²) in [5.41, 5.74) is 6.67. The van der Waals surface area contributed by atoms with E-state index in [1.165, 1.54) is 4.90 Å². The van der Waals surface area contributed by atoms with Gasteiger partial charge in [-0.05, 0) is 50.1 Å². The maximum absolute atomic E-state index is 14.5. The second-order valence-electron chi connectivity index (χ2n) is 7.74. The topological polar surface area (TPSA) is 55.6 Å². The van der Waals surface area contributed by atoms with Gasteiger partial charge in [-0.1, -0.05) is 36.4 Å². The third-order valence-corrected chi connectivity index (χ3v) is 4.54. The predicted octanol–water partition coefficient (Wildman–Crippen LogP) is 4.67. The fraction of sp³-hybridized carbons (Fsp3) is 0.318. The minimum Gasteiger partial charge on any atom is -0.444 e. The van der Waals surface area contributed by atoms with Gasteiger partial charge in [0.25, 0.3) is 0 Å². The van der Waals surface area contributed by atoms with Gasteiger partial charge < -0.3 is 10.5 Å². The van der Waals surface area contributed by atoms with Crippen molar-refractivity contribution in [1.82, 2.24) is 4.90 Å². The second kappa shape index (κ2) is 7.72. The quantitative estimate of drug-likeness (QED) is 0.834. The number of rotatable bonds is 3. The molecule has 2 aromatic rings. The lowest BCUT2D eigenvalue weighted by molar-refractivity contribution is 0.0176. The average Bonchev–Trinajstić information content (AvgIpc) is 3.02. The van der Waals surface area contributed by atoms with Crippen LogP contribution in [0.4, 0.5) is 13.6 Å². The lowest BCUT2D eigenvalue weighted by atomic mass is 9.98. The van der Waals surface area contributed by atoms with E-state index in [0.29, 0.717) is 5.57 Å². The van der Waals surface area contributed by atoms with Crippen LogP contribution in [-0.4, -0.2) is 29.2 Å². The number of ether oxygens (including phenoxy) is 1. The molecule has 1 amide bonds. The van der Waals surface area contributed by atoms with E-state index in [4.69, 9.17) is 10.5 Å². The molecule has 1 unspecified atom stereocenters. The van der Waals surface area contributed by atoms with Crippen LogP contribution in [-0.2, 0) is 4.74 Å². The van der Waals surface area contributed by atoms with Gasteiger partial charge in [0.1, 0.15) is 17.2 Å². The maximum Gasteiger partial charge on any atom is 0.411 e. The summed E-state index contributed by atoms with van der Waals surface area (Å²) in [6.45, 7) is 5.37. The fourth-order valence-corrected chi connectivity index (χ4v) is 3.40. The number of hydrogen-bond donors (Lipinski definition) is 1. The Kier molecular flexibility index (Phi) is 5.52. The van der Waals surface area contributed by atoms with Crippen molar-refractivity contribution in [2.24, 2.45) is 5.73 Å². The Bertz CT molecular complexity index is 891. The Morgan fingerprint density at radius 2 is 1.82 bits per heavy atom. The average molecular weight is 386 g/mol. The Labute approximate surface area is 163 Å². The van der Waals surface area contributed by atoms with Crippen molar-refractivity contribution in [3.8, 4) is 0 Å². The van der Waals surface area contributed by atoms with Gasteiger partial charge in [-0.15, -0.1) is 0 Å². The summed E-state index contributed by atoms with van der Waals surface area (Å²) in [6, 6.07) is 11.5. The van der Waals surface area contributed by atoms with Crippen molar-refractivity contribution in [2.45, 2.75) is 38.5 Å². The normalized spacial score (nSPS) is 19.5. The van der Waals surface area contributed by atoms with Gasteiger partial charge in [0.05, 0.1) is 12.1 Å². The molecule has 2 atom stereocenters. The van der Waals surface area contributed by atoms with Crippen LogP contribution in [0.5, 0.6) is 0 Å². The molecular formula is C22H24F2N2O2. The number of benzene rings is 2. The van der Waals surface area contributed by atoms with Crippen molar-refractivity contribution in [2.75, 3.05) is 6.54 Å². The zero-order chi connectivity index (χ0) is 20.5. The van der Waals surface area contributed by atoms with E-state index in [9.17, 15) is 13.6 Å². The number of amides is 1. The SMILES string of the molecule is CC(C)(C)OC(=O)N1C(c2ccccc2)C=C(c2cc(F)ccc2F)[C@@H]1CN. The summed E-state index contributed by atoms with van der Waals surface area (Å²) in [5, 5.41) is 0. The maximum atomic E-state index is 14.5. The minimum atomic E-state index is -0.704. The van der Waals surface area contributed by atoms with E-state index in [2.05, 4.69) is 0 Å². The minimum absolute atomic E-state index is 0.0460. The number of nitrogens with zero attached hydrogens (tertiary/aromatic N) is 1. The van der Waals surface area contributed by atoms with Gasteiger partial charge in [-0.25, -0.2) is 13.6 Å². The van der Waals surface area contributed by atoms with Crippen LogP contribution in [0.1, 0.15) is 37.9 Å². The summed E-state index contributed by atoms with van der Waals surface area (Å²) in [7, 11) is 0. The van der Waals surface area contributed by atoms with E-state index >= 15 is 0 Å². The molecule has 28 heavy (non-hydrogen) atoms. The van der Waals surface area contributed by atoms with E-state index in [1.54, 1.807) is 26.8 Å². The largest absolute Gasteiger partial charge is 0.444 e. The molecule has 0 aromatic heterocycles. The molecule has 0 spiro atoms. The van der Waals surface area contributed by atoms with Crippen LogP contribution in [0.3, 0.4) is 0 Å². The van der Waals surface area contributed by atoms with Gasteiger partial charge in [0.2, 0.25) is 0 Å². The summed E-state index contributed by atoms with van der Waals surface area (Å²) < 4.78 is 33.9. The molecule has 3 rings (SSSR count). The zero-order valence-electron chi connectivity index (χ0n) is 16.2. The van der Waals surface area contributed by atoms with Gasteiger partial charge in [-0.2, -0.15) is 0 Å². The number of nitrogens with two attached hydrogens (primary N) is 1. The first-order valence-corrected chi connectivity index (χ1v) is 9.14. The Balaban J connectivity index is 2.10. The Morgan fingerprint density at radius 3 is 2.43 bits per heavy atom. The van der Waals surface area contributed by atoms with Crippen LogP contribution >= 0.6 is 0 Å². The third-order valence-electron chi connectivity index (χ3n) is 4.54. The molecule has 1 aliphatic heterocycles. The summed E-state index contributed by atoms with van der Waals surface area (Å²) >= 11 is 0. The molecule has 0 saturated heterocycles. The van der Waals surface area contributed by atoms with E-state index in [1.807, 2.05) is 30.3 Å². The standard InChI is InChI=1S/C22H24F2N2O2/c1-22(2,3)28-21(27)26-19(14-7-5-4-6-8-14)12-17(20(26)13-25)16-11-15(23)9-10-18(16)24/h4-12,19-20H,13,25H2,1-3H3/t19?,20-/m0/s1. The lowest BCUT2D eigenvalue weighted by Gasteiger charge is -2.33. The van der Waals surface area contributed by atoms with E-state index in [-0.39, 0.29) is 12.1 Å². The van der Waals surface area contributed by atoms with E-state index < -0.39 is 35.4 Å². The molecule has 0 saturated carbocycles. The number of carbonyl (C=O) groups excluding carboxylic acids is 1. The Morgan fingerprint density at radius 1 is 1.14 bits per heavy atom. The van der Waals surface area contributed by atoms with E-state index in [0.717, 1.165) is 23.8 Å². The van der Waals surface area contributed by atoms with Crippen molar-refractivity contribution >= 4 is 11.7 Å². The Hall–Kier alpha value is -2.73.